The fourth-order valence-electron chi connectivity index (χ4n) is 4.97. The number of ether oxygens (including phenoxy) is 5. The summed E-state index contributed by atoms with van der Waals surface area (Å²) in [6, 6.07) is 14.4. The van der Waals surface area contributed by atoms with Crippen LogP contribution in [-0.2, 0) is 9.59 Å². The highest BCUT2D eigenvalue weighted by atomic mass is 32.1. The maximum atomic E-state index is 13.7. The minimum absolute atomic E-state index is 0.0897. The SMILES string of the molecule is CCOc1ccc2nc(N3C(=O)C(=O)C(=C(O)c4ccc5c(c4)OCCO5)[C@@H]3c3ccc(OC)c(OC)c3)sc2c1. The van der Waals surface area contributed by atoms with Crippen LogP contribution in [0.3, 0.4) is 0 Å². The molecule has 0 radical (unpaired) electrons. The number of carbonyl (C=O) groups excluding carboxylic acids is 2. The first-order valence-electron chi connectivity index (χ1n) is 12.9. The molecular weight excluding hydrogens is 548 g/mol. The number of amides is 1. The highest BCUT2D eigenvalue weighted by Crippen LogP contribution is 2.46. The van der Waals surface area contributed by atoms with E-state index in [0.29, 0.717) is 70.3 Å². The molecule has 210 valence electrons. The van der Waals surface area contributed by atoms with E-state index in [1.807, 2.05) is 13.0 Å². The Morgan fingerprint density at radius 1 is 1.00 bits per heavy atom. The second kappa shape index (κ2) is 10.7. The third-order valence-corrected chi connectivity index (χ3v) is 7.87. The molecule has 10 nitrogen and oxygen atoms in total. The number of aliphatic hydroxyl groups excluding tert-OH is 1. The highest BCUT2D eigenvalue weighted by Gasteiger charge is 2.48. The molecule has 1 aromatic heterocycles. The Kier molecular flexibility index (Phi) is 6.88. The maximum Gasteiger partial charge on any atom is 0.301 e. The topological polar surface area (TPSA) is 117 Å². The van der Waals surface area contributed by atoms with Gasteiger partial charge in [0.25, 0.3) is 5.78 Å². The van der Waals surface area contributed by atoms with Crippen LogP contribution < -0.4 is 28.6 Å². The van der Waals surface area contributed by atoms with Crippen LogP contribution in [0.2, 0.25) is 0 Å². The van der Waals surface area contributed by atoms with E-state index in [-0.39, 0.29) is 11.3 Å². The molecule has 1 amide bonds. The summed E-state index contributed by atoms with van der Waals surface area (Å²) in [5, 5.41) is 11.9. The summed E-state index contributed by atoms with van der Waals surface area (Å²) in [5.41, 5.74) is 1.39. The third kappa shape index (κ3) is 4.57. The van der Waals surface area contributed by atoms with Gasteiger partial charge < -0.3 is 28.8 Å². The standard InChI is InChI=1S/C30H26N2O8S/c1-4-38-18-7-8-19-24(15-18)41-30(31-19)32-26(16-5-9-20(36-2)22(13-16)37-3)25(28(34)29(32)35)27(33)17-6-10-21-23(14-17)40-12-11-39-21/h5-10,13-15,26,33H,4,11-12H2,1-3H3/t26-/m0/s1. The van der Waals surface area contributed by atoms with E-state index in [0.717, 1.165) is 4.70 Å². The summed E-state index contributed by atoms with van der Waals surface area (Å²) in [6.07, 6.45) is 0. The highest BCUT2D eigenvalue weighted by molar-refractivity contribution is 7.22. The molecule has 2 aliphatic heterocycles. The number of methoxy groups -OCH3 is 2. The molecule has 0 spiro atoms. The maximum absolute atomic E-state index is 13.7. The Labute approximate surface area is 239 Å². The molecule has 4 aromatic rings. The van der Waals surface area contributed by atoms with Crippen molar-refractivity contribution in [2.24, 2.45) is 0 Å². The number of aromatic nitrogens is 1. The predicted octanol–water partition coefficient (Wildman–Crippen LogP) is 5.11. The summed E-state index contributed by atoms with van der Waals surface area (Å²) in [6.45, 7) is 3.17. The van der Waals surface area contributed by atoms with Crippen LogP contribution in [0.15, 0.2) is 60.2 Å². The number of Topliss-reactive ketones (excluding diaryl/α,β-unsaturated/α-hetero) is 1. The lowest BCUT2D eigenvalue weighted by Gasteiger charge is -2.24. The van der Waals surface area contributed by atoms with Crippen molar-refractivity contribution in [3.05, 3.63) is 71.3 Å². The third-order valence-electron chi connectivity index (χ3n) is 6.85. The summed E-state index contributed by atoms with van der Waals surface area (Å²) >= 11 is 1.25. The minimum Gasteiger partial charge on any atom is -0.507 e. The molecule has 3 heterocycles. The van der Waals surface area contributed by atoms with Crippen LogP contribution in [0.4, 0.5) is 5.13 Å². The summed E-state index contributed by atoms with van der Waals surface area (Å²) in [7, 11) is 3.01. The van der Waals surface area contributed by atoms with Gasteiger partial charge in [-0.3, -0.25) is 14.5 Å². The molecule has 3 aromatic carbocycles. The van der Waals surface area contributed by atoms with E-state index in [2.05, 4.69) is 4.98 Å². The van der Waals surface area contributed by atoms with Gasteiger partial charge in [0.15, 0.2) is 28.1 Å². The lowest BCUT2D eigenvalue weighted by molar-refractivity contribution is -0.132. The monoisotopic (exact) mass is 574 g/mol. The van der Waals surface area contributed by atoms with E-state index in [1.54, 1.807) is 48.5 Å². The first-order valence-corrected chi connectivity index (χ1v) is 13.7. The van der Waals surface area contributed by atoms with Crippen LogP contribution in [0.25, 0.3) is 16.0 Å². The molecule has 0 unspecified atom stereocenters. The minimum atomic E-state index is -1.00. The smallest absolute Gasteiger partial charge is 0.301 e. The second-order valence-corrected chi connectivity index (χ2v) is 10.2. The van der Waals surface area contributed by atoms with Gasteiger partial charge in [-0.1, -0.05) is 17.4 Å². The molecule has 1 N–H and O–H groups in total. The molecule has 11 heteroatoms. The molecule has 0 bridgehead atoms. The van der Waals surface area contributed by atoms with Crippen molar-refractivity contribution in [3.63, 3.8) is 0 Å². The number of benzene rings is 3. The number of thiazole rings is 1. The van der Waals surface area contributed by atoms with Crippen molar-refractivity contribution in [1.29, 1.82) is 0 Å². The van der Waals surface area contributed by atoms with Gasteiger partial charge in [0, 0.05) is 5.56 Å². The zero-order valence-electron chi connectivity index (χ0n) is 22.5. The van der Waals surface area contributed by atoms with Gasteiger partial charge in [-0.25, -0.2) is 4.98 Å². The predicted molar refractivity (Wildman–Crippen MR) is 153 cm³/mol. The van der Waals surface area contributed by atoms with Gasteiger partial charge in [0.2, 0.25) is 0 Å². The average Bonchev–Trinajstić information content (AvgIpc) is 3.53. The number of nitrogens with zero attached hydrogens (tertiary/aromatic N) is 2. The summed E-state index contributed by atoms with van der Waals surface area (Å²) < 4.78 is 28.6. The summed E-state index contributed by atoms with van der Waals surface area (Å²) in [5.74, 6) is 0.525. The van der Waals surface area contributed by atoms with Gasteiger partial charge in [0.1, 0.15) is 24.7 Å². The lowest BCUT2D eigenvalue weighted by atomic mass is 9.95. The first-order chi connectivity index (χ1) is 19.9. The number of aliphatic hydroxyl groups is 1. The Hall–Kier alpha value is -4.77. The molecule has 0 aliphatic carbocycles. The van der Waals surface area contributed by atoms with Crippen LogP contribution in [0.5, 0.6) is 28.7 Å². The van der Waals surface area contributed by atoms with Crippen LogP contribution in [0, 0.1) is 0 Å². The van der Waals surface area contributed by atoms with Gasteiger partial charge in [-0.2, -0.15) is 0 Å². The largest absolute Gasteiger partial charge is 0.507 e. The number of ketones is 1. The van der Waals surface area contributed by atoms with Crippen molar-refractivity contribution < 1.29 is 38.4 Å². The van der Waals surface area contributed by atoms with Crippen molar-refractivity contribution in [1.82, 2.24) is 4.98 Å². The average molecular weight is 575 g/mol. The van der Waals surface area contributed by atoms with E-state index in [1.165, 1.54) is 30.5 Å². The van der Waals surface area contributed by atoms with E-state index >= 15 is 0 Å². The van der Waals surface area contributed by atoms with Crippen LogP contribution in [-0.4, -0.2) is 55.8 Å². The molecule has 1 fully saturated rings. The number of rotatable bonds is 7. The Morgan fingerprint density at radius 2 is 1.78 bits per heavy atom. The van der Waals surface area contributed by atoms with E-state index in [9.17, 15) is 14.7 Å². The fraction of sp³-hybridized carbons (Fsp3) is 0.233. The Bertz CT molecular complexity index is 1710. The van der Waals surface area contributed by atoms with E-state index in [4.69, 9.17) is 23.7 Å². The Balaban J connectivity index is 1.53. The first kappa shape index (κ1) is 26.5. The molecular formula is C30H26N2O8S. The molecule has 1 atom stereocenters. The summed E-state index contributed by atoms with van der Waals surface area (Å²) in [4.78, 5) is 33.3. The lowest BCUT2D eigenvalue weighted by Crippen LogP contribution is -2.29. The van der Waals surface area contributed by atoms with Crippen molar-refractivity contribution in [3.8, 4) is 28.7 Å². The quantitative estimate of drug-likeness (QED) is 0.183. The molecule has 6 rings (SSSR count). The van der Waals surface area contributed by atoms with Gasteiger partial charge in [0.05, 0.1) is 42.7 Å². The molecule has 1 saturated heterocycles. The van der Waals surface area contributed by atoms with Crippen molar-refractivity contribution >= 4 is 44.1 Å². The number of hydrogen-bond acceptors (Lipinski definition) is 10. The zero-order valence-corrected chi connectivity index (χ0v) is 23.3. The fourth-order valence-corrected chi connectivity index (χ4v) is 5.99. The van der Waals surface area contributed by atoms with Crippen molar-refractivity contribution in [2.45, 2.75) is 13.0 Å². The molecule has 41 heavy (non-hydrogen) atoms. The number of carbonyl (C=O) groups is 2. The zero-order chi connectivity index (χ0) is 28.7. The van der Waals surface area contributed by atoms with E-state index < -0.39 is 17.7 Å². The van der Waals surface area contributed by atoms with Crippen LogP contribution >= 0.6 is 11.3 Å². The number of fused-ring (bicyclic) bond motifs is 2. The number of hydrogen-bond donors (Lipinski definition) is 1. The van der Waals surface area contributed by atoms with Gasteiger partial charge >= 0.3 is 5.91 Å². The Morgan fingerprint density at radius 3 is 2.54 bits per heavy atom. The molecule has 2 aliphatic rings. The molecule has 0 saturated carbocycles. The van der Waals surface area contributed by atoms with Crippen molar-refractivity contribution in [2.75, 3.05) is 38.9 Å². The van der Waals surface area contributed by atoms with Crippen LogP contribution in [0.1, 0.15) is 24.1 Å². The second-order valence-electron chi connectivity index (χ2n) is 9.20. The van der Waals surface area contributed by atoms with Gasteiger partial charge in [-0.15, -0.1) is 0 Å². The number of anilines is 1. The normalized spacial score (nSPS) is 17.6. The van der Waals surface area contributed by atoms with Gasteiger partial charge in [-0.05, 0) is 61.0 Å².